The zero-order valence-corrected chi connectivity index (χ0v) is 17.1. The van der Waals surface area contributed by atoms with Crippen LogP contribution in [0, 0.1) is 11.8 Å². The lowest BCUT2D eigenvalue weighted by Crippen LogP contribution is -2.32. The molecule has 0 radical (unpaired) electrons. The third-order valence-electron chi connectivity index (χ3n) is 5.56. The van der Waals surface area contributed by atoms with Crippen LogP contribution in [0.3, 0.4) is 0 Å². The van der Waals surface area contributed by atoms with E-state index in [0.29, 0.717) is 24.9 Å². The summed E-state index contributed by atoms with van der Waals surface area (Å²) in [6, 6.07) is 7.68. The molecular formula is C21H33ClN2O3. The summed E-state index contributed by atoms with van der Waals surface area (Å²) in [7, 11) is 0. The molecule has 3 rings (SSSR count). The molecule has 0 bridgehead atoms. The van der Waals surface area contributed by atoms with Crippen LogP contribution in [0.25, 0.3) is 0 Å². The van der Waals surface area contributed by atoms with Crippen molar-refractivity contribution in [2.75, 3.05) is 31.6 Å². The molecule has 2 aliphatic rings. The van der Waals surface area contributed by atoms with Gasteiger partial charge in [0.05, 0.1) is 11.8 Å². The maximum atomic E-state index is 12.5. The van der Waals surface area contributed by atoms with Gasteiger partial charge < -0.3 is 20.1 Å². The van der Waals surface area contributed by atoms with Crippen molar-refractivity contribution >= 4 is 24.0 Å². The van der Waals surface area contributed by atoms with Crippen molar-refractivity contribution in [3.8, 4) is 5.75 Å². The number of nitrogens with one attached hydrogen (secondary N) is 2. The normalized spacial score (nSPS) is 21.7. The highest BCUT2D eigenvalue weighted by atomic mass is 35.5. The van der Waals surface area contributed by atoms with E-state index in [0.717, 1.165) is 56.8 Å². The Morgan fingerprint density at radius 1 is 1.26 bits per heavy atom. The highest BCUT2D eigenvalue weighted by molar-refractivity contribution is 5.92. The Balaban J connectivity index is 0.00000261. The minimum absolute atomic E-state index is 0. The summed E-state index contributed by atoms with van der Waals surface area (Å²) in [5, 5.41) is 6.43. The quantitative estimate of drug-likeness (QED) is 0.730. The van der Waals surface area contributed by atoms with Gasteiger partial charge in [0.15, 0.2) is 0 Å². The van der Waals surface area contributed by atoms with E-state index in [9.17, 15) is 4.79 Å². The predicted molar refractivity (Wildman–Crippen MR) is 111 cm³/mol. The molecule has 0 saturated carbocycles. The lowest BCUT2D eigenvalue weighted by atomic mass is 9.84. The fraction of sp³-hybridized carbons (Fsp3) is 0.667. The molecule has 2 atom stereocenters. The van der Waals surface area contributed by atoms with E-state index in [2.05, 4.69) is 17.6 Å². The molecule has 6 heteroatoms. The van der Waals surface area contributed by atoms with Crippen LogP contribution in [0.5, 0.6) is 5.75 Å². The Kier molecular flexibility index (Phi) is 9.39. The van der Waals surface area contributed by atoms with Crippen molar-refractivity contribution in [3.63, 3.8) is 0 Å². The third kappa shape index (κ3) is 6.98. The topological polar surface area (TPSA) is 59.6 Å². The SMILES string of the molecule is CC(CC(=O)Nc1ccccc1OCC1CCCCO1)C1CCNCC1.Cl. The van der Waals surface area contributed by atoms with Gasteiger partial charge in [-0.2, -0.15) is 0 Å². The Bertz CT molecular complexity index is 572. The van der Waals surface area contributed by atoms with Gasteiger partial charge in [-0.25, -0.2) is 0 Å². The minimum Gasteiger partial charge on any atom is -0.489 e. The number of piperidine rings is 1. The van der Waals surface area contributed by atoms with Crippen LogP contribution >= 0.6 is 12.4 Å². The number of anilines is 1. The molecule has 0 aliphatic carbocycles. The summed E-state index contributed by atoms with van der Waals surface area (Å²) in [4.78, 5) is 12.5. The first-order valence-corrected chi connectivity index (χ1v) is 10.1. The molecular weight excluding hydrogens is 364 g/mol. The Morgan fingerprint density at radius 2 is 2.04 bits per heavy atom. The Labute approximate surface area is 169 Å². The van der Waals surface area contributed by atoms with Gasteiger partial charge in [-0.3, -0.25) is 4.79 Å². The van der Waals surface area contributed by atoms with E-state index in [1.54, 1.807) is 0 Å². The monoisotopic (exact) mass is 396 g/mol. The molecule has 1 aromatic carbocycles. The zero-order chi connectivity index (χ0) is 18.2. The van der Waals surface area contributed by atoms with E-state index in [1.165, 1.54) is 6.42 Å². The second-order valence-electron chi connectivity index (χ2n) is 7.61. The third-order valence-corrected chi connectivity index (χ3v) is 5.56. The average molecular weight is 397 g/mol. The molecule has 2 N–H and O–H groups in total. The molecule has 2 saturated heterocycles. The van der Waals surface area contributed by atoms with E-state index in [4.69, 9.17) is 9.47 Å². The number of hydrogen-bond acceptors (Lipinski definition) is 4. The van der Waals surface area contributed by atoms with Gasteiger partial charge in [0.2, 0.25) is 5.91 Å². The largest absolute Gasteiger partial charge is 0.489 e. The summed E-state index contributed by atoms with van der Waals surface area (Å²) in [5.74, 6) is 1.84. The van der Waals surface area contributed by atoms with Crippen LogP contribution in [-0.4, -0.2) is 38.3 Å². The average Bonchev–Trinajstić information content (AvgIpc) is 2.68. The van der Waals surface area contributed by atoms with E-state index < -0.39 is 0 Å². The van der Waals surface area contributed by atoms with E-state index >= 15 is 0 Å². The number of carbonyl (C=O) groups excluding carboxylic acids is 1. The highest BCUT2D eigenvalue weighted by Crippen LogP contribution is 2.28. The molecule has 2 heterocycles. The number of rotatable bonds is 7. The first-order chi connectivity index (χ1) is 12.7. The van der Waals surface area contributed by atoms with Gasteiger partial charge in [0.25, 0.3) is 0 Å². The second kappa shape index (κ2) is 11.5. The smallest absolute Gasteiger partial charge is 0.224 e. The van der Waals surface area contributed by atoms with Gasteiger partial charge >= 0.3 is 0 Å². The van der Waals surface area contributed by atoms with Crippen LogP contribution in [0.4, 0.5) is 5.69 Å². The maximum absolute atomic E-state index is 12.5. The molecule has 152 valence electrons. The first-order valence-electron chi connectivity index (χ1n) is 10.1. The van der Waals surface area contributed by atoms with Crippen LogP contribution in [0.1, 0.15) is 45.4 Å². The lowest BCUT2D eigenvalue weighted by Gasteiger charge is -2.28. The lowest BCUT2D eigenvalue weighted by molar-refractivity contribution is -0.117. The summed E-state index contributed by atoms with van der Waals surface area (Å²) in [5.41, 5.74) is 0.755. The molecule has 0 aromatic heterocycles. The molecule has 1 amide bonds. The van der Waals surface area contributed by atoms with Gasteiger partial charge in [0.1, 0.15) is 12.4 Å². The summed E-state index contributed by atoms with van der Waals surface area (Å²) in [6.45, 7) is 5.69. The number of halogens is 1. The number of para-hydroxylation sites is 2. The Morgan fingerprint density at radius 3 is 2.78 bits per heavy atom. The fourth-order valence-corrected chi connectivity index (χ4v) is 3.89. The highest BCUT2D eigenvalue weighted by Gasteiger charge is 2.22. The maximum Gasteiger partial charge on any atom is 0.224 e. The molecule has 27 heavy (non-hydrogen) atoms. The van der Waals surface area contributed by atoms with Gasteiger partial charge in [0, 0.05) is 13.0 Å². The molecule has 0 spiro atoms. The van der Waals surface area contributed by atoms with E-state index in [-0.39, 0.29) is 24.4 Å². The van der Waals surface area contributed by atoms with Crippen molar-refractivity contribution < 1.29 is 14.3 Å². The van der Waals surface area contributed by atoms with Crippen LogP contribution in [0.15, 0.2) is 24.3 Å². The molecule has 2 aliphatic heterocycles. The van der Waals surface area contributed by atoms with Crippen molar-refractivity contribution in [2.45, 2.75) is 51.6 Å². The number of carbonyl (C=O) groups is 1. The van der Waals surface area contributed by atoms with E-state index in [1.807, 2.05) is 24.3 Å². The summed E-state index contributed by atoms with van der Waals surface area (Å²) < 4.78 is 11.7. The second-order valence-corrected chi connectivity index (χ2v) is 7.61. The Hall–Kier alpha value is -1.30. The summed E-state index contributed by atoms with van der Waals surface area (Å²) in [6.07, 6.45) is 6.42. The standard InChI is InChI=1S/C21H32N2O3.ClH/c1-16(17-9-11-22-12-10-17)14-21(24)23-19-7-2-3-8-20(19)26-15-18-6-4-5-13-25-18;/h2-3,7-8,16-18,22H,4-6,9-15H2,1H3,(H,23,24);1H. The van der Waals surface area contributed by atoms with Crippen LogP contribution < -0.4 is 15.4 Å². The number of benzene rings is 1. The molecule has 2 fully saturated rings. The summed E-state index contributed by atoms with van der Waals surface area (Å²) >= 11 is 0. The van der Waals surface area contributed by atoms with Crippen molar-refractivity contribution in [3.05, 3.63) is 24.3 Å². The van der Waals surface area contributed by atoms with Crippen molar-refractivity contribution in [1.29, 1.82) is 0 Å². The van der Waals surface area contributed by atoms with Crippen molar-refractivity contribution in [1.82, 2.24) is 5.32 Å². The molecule has 1 aromatic rings. The van der Waals surface area contributed by atoms with Gasteiger partial charge in [-0.05, 0) is 69.2 Å². The predicted octanol–water partition coefficient (Wildman–Crippen LogP) is 4.02. The molecule has 2 unspecified atom stereocenters. The van der Waals surface area contributed by atoms with Crippen LogP contribution in [0.2, 0.25) is 0 Å². The zero-order valence-electron chi connectivity index (χ0n) is 16.2. The molecule has 5 nitrogen and oxygen atoms in total. The number of amides is 1. The first kappa shape index (κ1) is 22.0. The van der Waals surface area contributed by atoms with Gasteiger partial charge in [-0.15, -0.1) is 12.4 Å². The number of ether oxygens (including phenoxy) is 2. The fourth-order valence-electron chi connectivity index (χ4n) is 3.89. The number of hydrogen-bond donors (Lipinski definition) is 2. The van der Waals surface area contributed by atoms with Crippen molar-refractivity contribution in [2.24, 2.45) is 11.8 Å². The van der Waals surface area contributed by atoms with Gasteiger partial charge in [-0.1, -0.05) is 19.1 Å². The minimum atomic E-state index is 0. The van der Waals surface area contributed by atoms with Crippen LogP contribution in [-0.2, 0) is 9.53 Å².